The van der Waals surface area contributed by atoms with Crippen molar-refractivity contribution in [1.82, 2.24) is 0 Å². The standard InChI is InChI=1S/C17H17N3O5/c1-24-13-7-3-5-11(9-13)18-16(21)15(20-23)17(22)19-12-6-4-8-14(10-12)25-2/h3-10,23H,1-2H3,(H,18,21)(H,19,22). The Kier molecular flexibility index (Phi) is 5.94. The van der Waals surface area contributed by atoms with E-state index in [0.29, 0.717) is 22.9 Å². The molecule has 0 bridgehead atoms. The van der Waals surface area contributed by atoms with Gasteiger partial charge < -0.3 is 25.3 Å². The van der Waals surface area contributed by atoms with Gasteiger partial charge in [-0.1, -0.05) is 17.3 Å². The second kappa shape index (κ2) is 8.34. The van der Waals surface area contributed by atoms with Crippen molar-refractivity contribution in [2.24, 2.45) is 5.16 Å². The Balaban J connectivity index is 2.09. The van der Waals surface area contributed by atoms with E-state index in [1.54, 1.807) is 48.5 Å². The van der Waals surface area contributed by atoms with E-state index in [0.717, 1.165) is 0 Å². The van der Waals surface area contributed by atoms with Gasteiger partial charge in [0.2, 0.25) is 5.71 Å². The average Bonchev–Trinajstić information content (AvgIpc) is 2.62. The number of ether oxygens (including phenoxy) is 2. The van der Waals surface area contributed by atoms with Gasteiger partial charge in [-0.2, -0.15) is 0 Å². The first-order valence-electron chi connectivity index (χ1n) is 7.20. The number of nitrogens with zero attached hydrogens (tertiary/aromatic N) is 1. The molecule has 0 aliphatic heterocycles. The van der Waals surface area contributed by atoms with Crippen LogP contribution in [0.15, 0.2) is 53.7 Å². The summed E-state index contributed by atoms with van der Waals surface area (Å²) in [4.78, 5) is 24.3. The summed E-state index contributed by atoms with van der Waals surface area (Å²) in [6.45, 7) is 0. The maximum Gasteiger partial charge on any atom is 0.283 e. The molecule has 0 radical (unpaired) electrons. The first-order valence-corrected chi connectivity index (χ1v) is 7.20. The van der Waals surface area contributed by atoms with E-state index in [9.17, 15) is 9.59 Å². The lowest BCUT2D eigenvalue weighted by atomic mass is 10.2. The molecular weight excluding hydrogens is 326 g/mol. The van der Waals surface area contributed by atoms with Gasteiger partial charge >= 0.3 is 0 Å². The third-order valence-corrected chi connectivity index (χ3v) is 3.19. The molecular formula is C17H17N3O5. The van der Waals surface area contributed by atoms with Crippen molar-refractivity contribution in [3.63, 3.8) is 0 Å². The van der Waals surface area contributed by atoms with Crippen LogP contribution in [0.2, 0.25) is 0 Å². The number of methoxy groups -OCH3 is 2. The summed E-state index contributed by atoms with van der Waals surface area (Å²) in [5.74, 6) is -0.672. The highest BCUT2D eigenvalue weighted by molar-refractivity contribution is 6.68. The van der Waals surface area contributed by atoms with Crippen LogP contribution >= 0.6 is 0 Å². The van der Waals surface area contributed by atoms with Crippen LogP contribution < -0.4 is 20.1 Å². The summed E-state index contributed by atoms with van der Waals surface area (Å²) in [7, 11) is 2.98. The zero-order valence-electron chi connectivity index (χ0n) is 13.6. The van der Waals surface area contributed by atoms with Gasteiger partial charge in [-0.15, -0.1) is 0 Å². The minimum Gasteiger partial charge on any atom is -0.497 e. The smallest absolute Gasteiger partial charge is 0.283 e. The summed E-state index contributed by atoms with van der Waals surface area (Å²) in [5.41, 5.74) is 0.0880. The first kappa shape index (κ1) is 17.8. The van der Waals surface area contributed by atoms with Crippen molar-refractivity contribution < 1.29 is 24.3 Å². The molecule has 2 amide bonds. The molecule has 3 N–H and O–H groups in total. The largest absolute Gasteiger partial charge is 0.497 e. The molecule has 2 aromatic rings. The Hall–Kier alpha value is -3.55. The Bertz CT molecular complexity index is 741. The summed E-state index contributed by atoms with van der Waals surface area (Å²) < 4.78 is 10.1. The lowest BCUT2D eigenvalue weighted by Gasteiger charge is -2.09. The number of oxime groups is 1. The molecule has 0 saturated carbocycles. The predicted molar refractivity (Wildman–Crippen MR) is 92.5 cm³/mol. The van der Waals surface area contributed by atoms with Crippen LogP contribution in [0.1, 0.15) is 0 Å². The Morgan fingerprint density at radius 2 is 1.32 bits per heavy atom. The normalized spacial score (nSPS) is 9.68. The topological polar surface area (TPSA) is 109 Å². The van der Waals surface area contributed by atoms with Crippen LogP contribution in [-0.2, 0) is 9.59 Å². The quantitative estimate of drug-likeness (QED) is 0.322. The third kappa shape index (κ3) is 4.71. The van der Waals surface area contributed by atoms with Crippen LogP contribution in [0.5, 0.6) is 11.5 Å². The van der Waals surface area contributed by atoms with E-state index in [4.69, 9.17) is 14.7 Å². The van der Waals surface area contributed by atoms with Crippen molar-refractivity contribution in [3.05, 3.63) is 48.5 Å². The highest BCUT2D eigenvalue weighted by atomic mass is 16.5. The van der Waals surface area contributed by atoms with Gasteiger partial charge in [0.15, 0.2) is 0 Å². The van der Waals surface area contributed by atoms with E-state index in [1.807, 2.05) is 0 Å². The molecule has 0 aliphatic carbocycles. The second-order valence-electron chi connectivity index (χ2n) is 4.82. The number of nitrogens with one attached hydrogen (secondary N) is 2. The molecule has 2 rings (SSSR count). The maximum atomic E-state index is 12.2. The second-order valence-corrected chi connectivity index (χ2v) is 4.82. The van der Waals surface area contributed by atoms with E-state index in [2.05, 4.69) is 15.8 Å². The lowest BCUT2D eigenvalue weighted by molar-refractivity contribution is -0.114. The van der Waals surface area contributed by atoms with Gasteiger partial charge in [0.05, 0.1) is 14.2 Å². The summed E-state index contributed by atoms with van der Waals surface area (Å²) in [6, 6.07) is 13.1. The maximum absolute atomic E-state index is 12.2. The fraction of sp³-hybridized carbons (Fsp3) is 0.118. The number of hydrogen-bond acceptors (Lipinski definition) is 6. The van der Waals surface area contributed by atoms with Gasteiger partial charge in [-0.05, 0) is 24.3 Å². The molecule has 0 atom stereocenters. The van der Waals surface area contributed by atoms with Crippen molar-refractivity contribution >= 4 is 28.9 Å². The van der Waals surface area contributed by atoms with Crippen LogP contribution in [0.3, 0.4) is 0 Å². The molecule has 130 valence electrons. The number of rotatable bonds is 6. The van der Waals surface area contributed by atoms with E-state index >= 15 is 0 Å². The average molecular weight is 343 g/mol. The molecule has 0 unspecified atom stereocenters. The molecule has 0 aliphatic rings. The number of benzene rings is 2. The summed E-state index contributed by atoms with van der Waals surface area (Å²) in [5, 5.41) is 16.8. The minimum atomic E-state index is -0.865. The third-order valence-electron chi connectivity index (χ3n) is 3.19. The van der Waals surface area contributed by atoms with Crippen LogP contribution in [0.25, 0.3) is 0 Å². The number of carbonyl (C=O) groups excluding carboxylic acids is 2. The van der Waals surface area contributed by atoms with Crippen molar-refractivity contribution in [3.8, 4) is 11.5 Å². The van der Waals surface area contributed by atoms with Crippen molar-refractivity contribution in [2.45, 2.75) is 0 Å². The Morgan fingerprint density at radius 1 is 0.880 bits per heavy atom. The fourth-order valence-corrected chi connectivity index (χ4v) is 1.98. The van der Waals surface area contributed by atoms with Crippen LogP contribution in [-0.4, -0.2) is 37.0 Å². The molecule has 0 saturated heterocycles. The fourth-order valence-electron chi connectivity index (χ4n) is 1.98. The van der Waals surface area contributed by atoms with Crippen molar-refractivity contribution in [1.29, 1.82) is 0 Å². The molecule has 8 heteroatoms. The number of hydrogen-bond donors (Lipinski definition) is 3. The monoisotopic (exact) mass is 343 g/mol. The van der Waals surface area contributed by atoms with E-state index < -0.39 is 17.5 Å². The molecule has 25 heavy (non-hydrogen) atoms. The van der Waals surface area contributed by atoms with Gasteiger partial charge in [0.25, 0.3) is 11.8 Å². The van der Waals surface area contributed by atoms with Crippen LogP contribution in [0.4, 0.5) is 11.4 Å². The van der Waals surface area contributed by atoms with Gasteiger partial charge in [0.1, 0.15) is 11.5 Å². The zero-order valence-corrected chi connectivity index (χ0v) is 13.6. The Labute approximate surface area is 144 Å². The van der Waals surface area contributed by atoms with E-state index in [-0.39, 0.29) is 0 Å². The highest BCUT2D eigenvalue weighted by Crippen LogP contribution is 2.18. The Morgan fingerprint density at radius 3 is 1.68 bits per heavy atom. The molecule has 0 heterocycles. The van der Waals surface area contributed by atoms with Gasteiger partial charge in [0, 0.05) is 23.5 Å². The number of carbonyl (C=O) groups is 2. The van der Waals surface area contributed by atoms with Crippen LogP contribution in [0, 0.1) is 0 Å². The highest BCUT2D eigenvalue weighted by Gasteiger charge is 2.22. The lowest BCUT2D eigenvalue weighted by Crippen LogP contribution is -2.34. The molecule has 8 nitrogen and oxygen atoms in total. The minimum absolute atomic E-state index is 0.389. The van der Waals surface area contributed by atoms with Crippen molar-refractivity contribution in [2.75, 3.05) is 24.9 Å². The molecule has 0 fully saturated rings. The first-order chi connectivity index (χ1) is 12.1. The summed E-state index contributed by atoms with van der Waals surface area (Å²) in [6.07, 6.45) is 0. The van der Waals surface area contributed by atoms with E-state index in [1.165, 1.54) is 14.2 Å². The predicted octanol–water partition coefficient (Wildman–Crippen LogP) is 2.11. The molecule has 0 spiro atoms. The molecule has 0 aromatic heterocycles. The number of anilines is 2. The van der Waals surface area contributed by atoms with Gasteiger partial charge in [-0.3, -0.25) is 9.59 Å². The molecule has 2 aromatic carbocycles. The summed E-state index contributed by atoms with van der Waals surface area (Å²) >= 11 is 0. The zero-order chi connectivity index (χ0) is 18.2. The van der Waals surface area contributed by atoms with Gasteiger partial charge in [-0.25, -0.2) is 0 Å². The number of amides is 2. The SMILES string of the molecule is COc1cccc(NC(=O)C(=NO)C(=O)Nc2cccc(OC)c2)c1.